The van der Waals surface area contributed by atoms with Crippen LogP contribution in [0, 0.1) is 11.6 Å². The summed E-state index contributed by atoms with van der Waals surface area (Å²) < 4.78 is 31.3. The summed E-state index contributed by atoms with van der Waals surface area (Å²) in [4.78, 5) is 11.5. The smallest absolute Gasteiger partial charge is 0.408 e. The Morgan fingerprint density at radius 3 is 2.53 bits per heavy atom. The number of carbonyl (C=O) groups excluding carboxylic acids is 1. The molecule has 0 saturated heterocycles. The van der Waals surface area contributed by atoms with Crippen molar-refractivity contribution in [3.05, 3.63) is 35.4 Å². The van der Waals surface area contributed by atoms with Gasteiger partial charge >= 0.3 is 6.09 Å². The molecule has 1 atom stereocenters. The van der Waals surface area contributed by atoms with E-state index in [2.05, 4.69) is 5.32 Å². The van der Waals surface area contributed by atoms with Crippen molar-refractivity contribution in [3.63, 3.8) is 0 Å². The van der Waals surface area contributed by atoms with Crippen LogP contribution in [0.3, 0.4) is 0 Å². The molecule has 0 aliphatic carbocycles. The molecule has 0 saturated carbocycles. The summed E-state index contributed by atoms with van der Waals surface area (Å²) in [5.74, 6) is -1.56. The maximum atomic E-state index is 13.5. The van der Waals surface area contributed by atoms with Crippen molar-refractivity contribution in [3.8, 4) is 0 Å². The Balaban J connectivity index is 2.81. The van der Waals surface area contributed by atoms with Gasteiger partial charge in [0.2, 0.25) is 0 Å². The summed E-state index contributed by atoms with van der Waals surface area (Å²) in [6.07, 6.45) is -0.782. The molecular formula is C13H17F2NO3. The number of aliphatic hydroxyl groups excluding tert-OH is 1. The van der Waals surface area contributed by atoms with Gasteiger partial charge in [0, 0.05) is 11.6 Å². The van der Waals surface area contributed by atoms with Crippen LogP contribution in [0.25, 0.3) is 0 Å². The molecule has 19 heavy (non-hydrogen) atoms. The zero-order chi connectivity index (χ0) is 14.6. The van der Waals surface area contributed by atoms with Gasteiger partial charge < -0.3 is 15.2 Å². The number of ether oxygens (including phenoxy) is 1. The van der Waals surface area contributed by atoms with Crippen molar-refractivity contribution in [2.24, 2.45) is 0 Å². The van der Waals surface area contributed by atoms with Crippen LogP contribution in [0.1, 0.15) is 32.4 Å². The minimum absolute atomic E-state index is 0.00485. The van der Waals surface area contributed by atoms with E-state index in [-0.39, 0.29) is 5.56 Å². The summed E-state index contributed by atoms with van der Waals surface area (Å²) in [6, 6.07) is 1.92. The topological polar surface area (TPSA) is 58.6 Å². The minimum atomic E-state index is -0.990. The maximum absolute atomic E-state index is 13.5. The SMILES string of the molecule is CC(C)(C)OC(=O)NC(CO)c1ccc(F)cc1F. The van der Waals surface area contributed by atoms with Crippen LogP contribution in [0.15, 0.2) is 18.2 Å². The fourth-order valence-electron chi connectivity index (χ4n) is 1.46. The first-order valence-corrected chi connectivity index (χ1v) is 5.78. The quantitative estimate of drug-likeness (QED) is 0.889. The maximum Gasteiger partial charge on any atom is 0.408 e. The summed E-state index contributed by atoms with van der Waals surface area (Å²) >= 11 is 0. The van der Waals surface area contributed by atoms with Gasteiger partial charge in [0.1, 0.15) is 17.2 Å². The molecule has 1 rings (SSSR count). The largest absolute Gasteiger partial charge is 0.444 e. The zero-order valence-electron chi connectivity index (χ0n) is 11.0. The van der Waals surface area contributed by atoms with Gasteiger partial charge in [0.15, 0.2) is 0 Å². The lowest BCUT2D eigenvalue weighted by molar-refractivity contribution is 0.0480. The highest BCUT2D eigenvalue weighted by atomic mass is 19.1. The Hall–Kier alpha value is -1.69. The third kappa shape index (κ3) is 4.82. The molecule has 0 fully saturated rings. The van der Waals surface area contributed by atoms with Gasteiger partial charge in [-0.05, 0) is 26.8 Å². The molecule has 1 unspecified atom stereocenters. The monoisotopic (exact) mass is 273 g/mol. The van der Waals surface area contributed by atoms with Crippen molar-refractivity contribution >= 4 is 6.09 Å². The minimum Gasteiger partial charge on any atom is -0.444 e. The first kappa shape index (κ1) is 15.4. The Labute approximate surface area is 110 Å². The Morgan fingerprint density at radius 1 is 1.42 bits per heavy atom. The van der Waals surface area contributed by atoms with Crippen LogP contribution in [-0.2, 0) is 4.74 Å². The van der Waals surface area contributed by atoms with Crippen LogP contribution in [-0.4, -0.2) is 23.4 Å². The fourth-order valence-corrected chi connectivity index (χ4v) is 1.46. The average molecular weight is 273 g/mol. The van der Waals surface area contributed by atoms with Gasteiger partial charge in [-0.3, -0.25) is 0 Å². The number of hydrogen-bond acceptors (Lipinski definition) is 3. The highest BCUT2D eigenvalue weighted by Gasteiger charge is 2.22. The third-order valence-electron chi connectivity index (χ3n) is 2.21. The number of alkyl carbamates (subject to hydrolysis) is 1. The molecule has 2 N–H and O–H groups in total. The molecule has 0 radical (unpaired) electrons. The molecule has 1 aromatic rings. The first-order chi connectivity index (χ1) is 8.73. The van der Waals surface area contributed by atoms with Gasteiger partial charge in [-0.1, -0.05) is 6.07 Å². The lowest BCUT2D eigenvalue weighted by Crippen LogP contribution is -2.36. The van der Waals surface area contributed by atoms with Crippen molar-refractivity contribution in [2.75, 3.05) is 6.61 Å². The standard InChI is InChI=1S/C13H17F2NO3/c1-13(2,3)19-12(18)16-11(7-17)9-5-4-8(14)6-10(9)15/h4-6,11,17H,7H2,1-3H3,(H,16,18). The molecular weight excluding hydrogens is 256 g/mol. The van der Waals surface area contributed by atoms with Crippen LogP contribution in [0.2, 0.25) is 0 Å². The summed E-state index contributed by atoms with van der Waals surface area (Å²) in [5.41, 5.74) is -0.708. The Bertz CT molecular complexity index is 458. The average Bonchev–Trinajstić information content (AvgIpc) is 2.24. The van der Waals surface area contributed by atoms with Crippen molar-refractivity contribution in [1.82, 2.24) is 5.32 Å². The van der Waals surface area contributed by atoms with E-state index in [1.54, 1.807) is 20.8 Å². The van der Waals surface area contributed by atoms with E-state index < -0.39 is 36.0 Å². The van der Waals surface area contributed by atoms with Crippen molar-refractivity contribution < 1.29 is 23.4 Å². The van der Waals surface area contributed by atoms with Gasteiger partial charge in [-0.15, -0.1) is 0 Å². The number of hydrogen-bond donors (Lipinski definition) is 2. The fraction of sp³-hybridized carbons (Fsp3) is 0.462. The predicted molar refractivity (Wildman–Crippen MR) is 65.6 cm³/mol. The number of halogens is 2. The van der Waals surface area contributed by atoms with Crippen molar-refractivity contribution in [2.45, 2.75) is 32.4 Å². The summed E-state index contributed by atoms with van der Waals surface area (Å²) in [6.45, 7) is 4.51. The molecule has 106 valence electrons. The number of carbonyl (C=O) groups is 1. The van der Waals surface area contributed by atoms with Gasteiger partial charge in [-0.2, -0.15) is 0 Å². The van der Waals surface area contributed by atoms with Crippen LogP contribution < -0.4 is 5.32 Å². The predicted octanol–water partition coefficient (Wildman–Crippen LogP) is 2.52. The number of amides is 1. The van der Waals surface area contributed by atoms with Crippen LogP contribution in [0.5, 0.6) is 0 Å². The van der Waals surface area contributed by atoms with Gasteiger partial charge in [0.05, 0.1) is 12.6 Å². The number of aliphatic hydroxyl groups is 1. The lowest BCUT2D eigenvalue weighted by Gasteiger charge is -2.23. The molecule has 0 spiro atoms. The molecule has 0 bridgehead atoms. The molecule has 0 aliphatic heterocycles. The second kappa shape index (κ2) is 5.97. The van der Waals surface area contributed by atoms with Crippen LogP contribution >= 0.6 is 0 Å². The van der Waals surface area contributed by atoms with Crippen molar-refractivity contribution in [1.29, 1.82) is 0 Å². The number of benzene rings is 1. The van der Waals surface area contributed by atoms with E-state index in [0.29, 0.717) is 6.07 Å². The van der Waals surface area contributed by atoms with E-state index in [9.17, 15) is 18.7 Å². The molecule has 0 aliphatic rings. The highest BCUT2D eigenvalue weighted by Crippen LogP contribution is 2.18. The lowest BCUT2D eigenvalue weighted by atomic mass is 10.1. The van der Waals surface area contributed by atoms with Crippen LogP contribution in [0.4, 0.5) is 13.6 Å². The van der Waals surface area contributed by atoms with E-state index in [4.69, 9.17) is 4.74 Å². The number of rotatable bonds is 3. The highest BCUT2D eigenvalue weighted by molar-refractivity contribution is 5.68. The second-order valence-corrected chi connectivity index (χ2v) is 5.05. The summed E-state index contributed by atoms with van der Waals surface area (Å²) in [5, 5.41) is 11.5. The van der Waals surface area contributed by atoms with E-state index >= 15 is 0 Å². The van der Waals surface area contributed by atoms with Gasteiger partial charge in [-0.25, -0.2) is 13.6 Å². The second-order valence-electron chi connectivity index (χ2n) is 5.05. The molecule has 6 heteroatoms. The van der Waals surface area contributed by atoms with E-state index in [1.807, 2.05) is 0 Å². The molecule has 0 heterocycles. The Kier molecular flexibility index (Phi) is 4.83. The van der Waals surface area contributed by atoms with E-state index in [0.717, 1.165) is 6.07 Å². The number of nitrogens with one attached hydrogen (secondary N) is 1. The first-order valence-electron chi connectivity index (χ1n) is 5.78. The normalized spacial score (nSPS) is 12.9. The summed E-state index contributed by atoms with van der Waals surface area (Å²) in [7, 11) is 0. The third-order valence-corrected chi connectivity index (χ3v) is 2.21. The van der Waals surface area contributed by atoms with Gasteiger partial charge in [0.25, 0.3) is 0 Å². The van der Waals surface area contributed by atoms with E-state index in [1.165, 1.54) is 6.07 Å². The molecule has 4 nitrogen and oxygen atoms in total. The molecule has 1 aromatic carbocycles. The zero-order valence-corrected chi connectivity index (χ0v) is 11.0. The Morgan fingerprint density at radius 2 is 2.05 bits per heavy atom. The molecule has 1 amide bonds. The molecule has 0 aromatic heterocycles.